The maximum absolute atomic E-state index is 5.99. The number of aromatic nitrogens is 5. The lowest BCUT2D eigenvalue weighted by Crippen LogP contribution is -2.22. The molecule has 4 aromatic rings. The lowest BCUT2D eigenvalue weighted by atomic mass is 10.2. The third-order valence-electron chi connectivity index (χ3n) is 5.70. The molecule has 5 rings (SSSR count). The monoisotopic (exact) mass is 462 g/mol. The summed E-state index contributed by atoms with van der Waals surface area (Å²) in [7, 11) is 1.64. The van der Waals surface area contributed by atoms with Gasteiger partial charge in [-0.3, -0.25) is 4.57 Å². The van der Waals surface area contributed by atoms with Gasteiger partial charge in [-0.25, -0.2) is 0 Å². The largest absolute Gasteiger partial charge is 0.497 e. The van der Waals surface area contributed by atoms with E-state index in [9.17, 15) is 0 Å². The van der Waals surface area contributed by atoms with E-state index in [-0.39, 0.29) is 5.25 Å². The van der Waals surface area contributed by atoms with E-state index in [1.807, 2.05) is 31.2 Å². The third-order valence-corrected chi connectivity index (χ3v) is 6.74. The second-order valence-electron chi connectivity index (χ2n) is 8.08. The first-order valence-electron chi connectivity index (χ1n) is 11.0. The highest BCUT2D eigenvalue weighted by Crippen LogP contribution is 2.37. The van der Waals surface area contributed by atoms with Crippen molar-refractivity contribution >= 4 is 17.7 Å². The number of nitrogens with zero attached hydrogens (tertiary/aromatic N) is 6. The smallest absolute Gasteiger partial charge is 0.247 e. The summed E-state index contributed by atoms with van der Waals surface area (Å²) in [4.78, 5) is 2.30. The van der Waals surface area contributed by atoms with Crippen molar-refractivity contribution in [3.8, 4) is 22.9 Å². The number of hydrogen-bond acceptors (Lipinski definition) is 8. The van der Waals surface area contributed by atoms with E-state index in [1.54, 1.807) is 18.9 Å². The highest BCUT2D eigenvalue weighted by atomic mass is 32.2. The van der Waals surface area contributed by atoms with Crippen LogP contribution < -0.4 is 9.64 Å². The molecule has 8 nitrogen and oxygen atoms in total. The van der Waals surface area contributed by atoms with E-state index in [4.69, 9.17) is 9.15 Å². The molecule has 0 N–H and O–H groups in total. The highest BCUT2D eigenvalue weighted by molar-refractivity contribution is 7.99. The van der Waals surface area contributed by atoms with Crippen LogP contribution in [0, 0.1) is 6.92 Å². The van der Waals surface area contributed by atoms with E-state index in [2.05, 4.69) is 61.1 Å². The summed E-state index contributed by atoms with van der Waals surface area (Å²) < 4.78 is 13.3. The van der Waals surface area contributed by atoms with Gasteiger partial charge in [0.05, 0.1) is 18.0 Å². The zero-order chi connectivity index (χ0) is 22.8. The topological polar surface area (TPSA) is 82.1 Å². The molecule has 1 fully saturated rings. The number of aryl methyl sites for hydroxylation is 1. The highest BCUT2D eigenvalue weighted by Gasteiger charge is 2.25. The predicted octanol–water partition coefficient (Wildman–Crippen LogP) is 5.09. The number of thioether (sulfide) groups is 1. The van der Waals surface area contributed by atoms with Gasteiger partial charge in [0.15, 0.2) is 5.16 Å². The standard InChI is InChI=1S/C24H26N6O2S/c1-16-6-10-19(11-7-16)30-23(29-14-4-5-15-29)27-28-24(30)33-17(2)21-25-26-22(32-21)18-8-12-20(31-3)13-9-18/h6-13,17H,4-5,14-15H2,1-3H3. The number of rotatable bonds is 7. The zero-order valence-corrected chi connectivity index (χ0v) is 19.7. The van der Waals surface area contributed by atoms with Gasteiger partial charge in [0.25, 0.3) is 0 Å². The normalized spacial score (nSPS) is 14.6. The molecule has 0 radical (unpaired) electrons. The fraction of sp³-hybridized carbons (Fsp3) is 0.333. The molecule has 0 amide bonds. The Balaban J connectivity index is 1.42. The van der Waals surface area contributed by atoms with Crippen molar-refractivity contribution in [2.24, 2.45) is 0 Å². The van der Waals surface area contributed by atoms with Crippen molar-refractivity contribution in [2.45, 2.75) is 37.1 Å². The number of anilines is 1. The molecule has 170 valence electrons. The first kappa shape index (κ1) is 21.5. The van der Waals surface area contributed by atoms with Gasteiger partial charge in [-0.1, -0.05) is 29.5 Å². The summed E-state index contributed by atoms with van der Waals surface area (Å²) in [5, 5.41) is 18.3. The fourth-order valence-corrected chi connectivity index (χ4v) is 4.73. The van der Waals surface area contributed by atoms with Gasteiger partial charge in [0.2, 0.25) is 17.7 Å². The Morgan fingerprint density at radius 1 is 0.939 bits per heavy atom. The van der Waals surface area contributed by atoms with Gasteiger partial charge in [-0.2, -0.15) is 0 Å². The van der Waals surface area contributed by atoms with Crippen molar-refractivity contribution in [2.75, 3.05) is 25.1 Å². The summed E-state index contributed by atoms with van der Waals surface area (Å²) in [6.07, 6.45) is 2.35. The third kappa shape index (κ3) is 4.45. The molecular weight excluding hydrogens is 436 g/mol. The van der Waals surface area contributed by atoms with Gasteiger partial charge < -0.3 is 14.1 Å². The van der Waals surface area contributed by atoms with Gasteiger partial charge in [-0.15, -0.1) is 20.4 Å². The minimum atomic E-state index is -0.0932. The molecule has 1 aliphatic rings. The average Bonchev–Trinajstić information content (AvgIpc) is 3.60. The first-order chi connectivity index (χ1) is 16.1. The van der Waals surface area contributed by atoms with Crippen LogP contribution in [0.5, 0.6) is 5.75 Å². The second-order valence-corrected chi connectivity index (χ2v) is 9.39. The lowest BCUT2D eigenvalue weighted by Gasteiger charge is -2.19. The average molecular weight is 463 g/mol. The number of ether oxygens (including phenoxy) is 1. The van der Waals surface area contributed by atoms with Crippen LogP contribution in [0.1, 0.15) is 36.5 Å². The molecule has 1 atom stereocenters. The molecule has 2 aromatic carbocycles. The Kier molecular flexibility index (Phi) is 6.04. The van der Waals surface area contributed by atoms with E-state index in [0.29, 0.717) is 11.8 Å². The van der Waals surface area contributed by atoms with Crippen molar-refractivity contribution in [3.05, 3.63) is 60.0 Å². The van der Waals surface area contributed by atoms with Crippen LogP contribution in [-0.4, -0.2) is 45.2 Å². The minimum Gasteiger partial charge on any atom is -0.497 e. The van der Waals surface area contributed by atoms with Gasteiger partial charge in [-0.05, 0) is 63.1 Å². The van der Waals surface area contributed by atoms with Gasteiger partial charge in [0, 0.05) is 18.7 Å². The van der Waals surface area contributed by atoms with Crippen molar-refractivity contribution in [3.63, 3.8) is 0 Å². The quantitative estimate of drug-likeness (QED) is 0.351. The molecule has 0 aliphatic carbocycles. The number of benzene rings is 2. The number of methoxy groups -OCH3 is 1. The molecule has 33 heavy (non-hydrogen) atoms. The molecule has 9 heteroatoms. The fourth-order valence-electron chi connectivity index (χ4n) is 3.84. The van der Waals surface area contributed by atoms with Crippen LogP contribution in [0.4, 0.5) is 5.95 Å². The molecule has 0 bridgehead atoms. The maximum atomic E-state index is 5.99. The summed E-state index contributed by atoms with van der Waals surface area (Å²) in [6, 6.07) is 16.0. The SMILES string of the molecule is COc1ccc(-c2nnc(C(C)Sc3nnc(N4CCCC4)n3-c3ccc(C)cc3)o2)cc1. The van der Waals surface area contributed by atoms with Gasteiger partial charge >= 0.3 is 0 Å². The van der Waals surface area contributed by atoms with Crippen LogP contribution in [0.25, 0.3) is 17.1 Å². The number of hydrogen-bond donors (Lipinski definition) is 0. The first-order valence-corrected chi connectivity index (χ1v) is 11.9. The molecule has 0 spiro atoms. The van der Waals surface area contributed by atoms with Crippen LogP contribution in [0.3, 0.4) is 0 Å². The van der Waals surface area contributed by atoms with Crippen molar-refractivity contribution in [1.82, 2.24) is 25.0 Å². The molecule has 2 aromatic heterocycles. The van der Waals surface area contributed by atoms with Crippen LogP contribution >= 0.6 is 11.8 Å². The van der Waals surface area contributed by atoms with Crippen LogP contribution in [0.2, 0.25) is 0 Å². The van der Waals surface area contributed by atoms with Crippen molar-refractivity contribution in [1.29, 1.82) is 0 Å². The predicted molar refractivity (Wildman–Crippen MR) is 128 cm³/mol. The zero-order valence-electron chi connectivity index (χ0n) is 18.9. The van der Waals surface area contributed by atoms with E-state index in [0.717, 1.165) is 41.2 Å². The van der Waals surface area contributed by atoms with Gasteiger partial charge in [0.1, 0.15) is 5.75 Å². The molecule has 1 saturated heterocycles. The molecule has 1 unspecified atom stereocenters. The summed E-state index contributed by atoms with van der Waals surface area (Å²) in [6.45, 7) is 6.13. The van der Waals surface area contributed by atoms with E-state index < -0.39 is 0 Å². The Hall–Kier alpha value is -3.33. The Morgan fingerprint density at radius 2 is 1.67 bits per heavy atom. The van der Waals surface area contributed by atoms with Crippen LogP contribution in [0.15, 0.2) is 58.1 Å². The lowest BCUT2D eigenvalue weighted by molar-refractivity contribution is 0.415. The Bertz CT molecular complexity index is 1210. The van der Waals surface area contributed by atoms with Crippen molar-refractivity contribution < 1.29 is 9.15 Å². The summed E-state index contributed by atoms with van der Waals surface area (Å²) >= 11 is 1.56. The summed E-state index contributed by atoms with van der Waals surface area (Å²) in [5.41, 5.74) is 3.12. The molecule has 1 aliphatic heterocycles. The Morgan fingerprint density at radius 3 is 2.36 bits per heavy atom. The maximum Gasteiger partial charge on any atom is 0.247 e. The summed E-state index contributed by atoms with van der Waals surface area (Å²) in [5.74, 6) is 2.70. The van der Waals surface area contributed by atoms with E-state index >= 15 is 0 Å². The molecule has 0 saturated carbocycles. The van der Waals surface area contributed by atoms with Crippen LogP contribution in [-0.2, 0) is 0 Å². The second kappa shape index (κ2) is 9.27. The Labute approximate surface area is 197 Å². The molecular formula is C24H26N6O2S. The minimum absolute atomic E-state index is 0.0932. The molecule has 3 heterocycles. The van der Waals surface area contributed by atoms with E-state index in [1.165, 1.54) is 18.4 Å².